The molecule has 7 heteroatoms. The van der Waals surface area contributed by atoms with E-state index in [1.165, 1.54) is 4.90 Å². The summed E-state index contributed by atoms with van der Waals surface area (Å²) in [5.41, 5.74) is 3.31. The molecule has 0 aliphatic carbocycles. The van der Waals surface area contributed by atoms with E-state index in [1.807, 2.05) is 36.5 Å². The number of aromatic nitrogens is 2. The number of ketones is 1. The number of carbonyl (C=O) groups is 2. The summed E-state index contributed by atoms with van der Waals surface area (Å²) in [5.74, 6) is -1.50. The van der Waals surface area contributed by atoms with Crippen LogP contribution >= 0.6 is 15.9 Å². The number of hydrogen-bond acceptors (Lipinski definition) is 4. The molecule has 33 heavy (non-hydrogen) atoms. The van der Waals surface area contributed by atoms with Gasteiger partial charge in [0, 0.05) is 46.1 Å². The van der Waals surface area contributed by atoms with Crippen molar-refractivity contribution in [1.82, 2.24) is 14.9 Å². The number of benzene rings is 2. The van der Waals surface area contributed by atoms with E-state index >= 15 is 0 Å². The van der Waals surface area contributed by atoms with E-state index in [2.05, 4.69) is 25.9 Å². The fourth-order valence-electron chi connectivity index (χ4n) is 4.34. The van der Waals surface area contributed by atoms with Gasteiger partial charge in [-0.05, 0) is 41.8 Å². The standard InChI is InChI=1S/C26H20BrN3O3/c27-19-9-7-16(8-10-19)24(31)22-23(18-4-3-12-28-14-18)30(26(33)25(22)32)13-11-17-15-29-21-6-2-1-5-20(17)21/h1-10,12,14-15,23,29,31H,11,13H2/b24-22-. The summed E-state index contributed by atoms with van der Waals surface area (Å²) < 4.78 is 0.849. The zero-order chi connectivity index (χ0) is 22.9. The molecule has 2 aromatic heterocycles. The minimum atomic E-state index is -0.715. The molecule has 1 amide bonds. The number of aliphatic hydroxyl groups excluding tert-OH is 1. The molecular formula is C26H20BrN3O3. The Morgan fingerprint density at radius 2 is 1.85 bits per heavy atom. The smallest absolute Gasteiger partial charge is 0.295 e. The van der Waals surface area contributed by atoms with Crippen LogP contribution in [0.2, 0.25) is 0 Å². The number of rotatable bonds is 5. The number of aromatic amines is 1. The number of aliphatic hydroxyl groups is 1. The second-order valence-electron chi connectivity index (χ2n) is 7.90. The van der Waals surface area contributed by atoms with E-state index in [-0.39, 0.29) is 11.3 Å². The normalized spacial score (nSPS) is 17.7. The van der Waals surface area contributed by atoms with Gasteiger partial charge in [0.1, 0.15) is 5.76 Å². The predicted octanol–water partition coefficient (Wildman–Crippen LogP) is 4.99. The highest BCUT2D eigenvalue weighted by Gasteiger charge is 2.46. The lowest BCUT2D eigenvalue weighted by Gasteiger charge is -2.25. The monoisotopic (exact) mass is 501 g/mol. The third kappa shape index (κ3) is 3.85. The number of carbonyl (C=O) groups excluding carboxylic acids is 2. The Morgan fingerprint density at radius 1 is 1.06 bits per heavy atom. The van der Waals surface area contributed by atoms with Gasteiger partial charge in [0.15, 0.2) is 0 Å². The summed E-state index contributed by atoms with van der Waals surface area (Å²) in [6, 6.07) is 17.8. The summed E-state index contributed by atoms with van der Waals surface area (Å²) in [6.45, 7) is 0.323. The molecule has 5 rings (SSSR count). The molecule has 1 atom stereocenters. The topological polar surface area (TPSA) is 86.3 Å². The first-order chi connectivity index (χ1) is 16.0. The van der Waals surface area contributed by atoms with Gasteiger partial charge in [-0.2, -0.15) is 0 Å². The number of nitrogens with one attached hydrogen (secondary N) is 1. The second kappa shape index (κ2) is 8.67. The fourth-order valence-corrected chi connectivity index (χ4v) is 4.60. The quantitative estimate of drug-likeness (QED) is 0.229. The van der Waals surface area contributed by atoms with Crippen molar-refractivity contribution < 1.29 is 14.7 Å². The Kier molecular flexibility index (Phi) is 5.56. The van der Waals surface area contributed by atoms with Crippen molar-refractivity contribution in [1.29, 1.82) is 0 Å². The highest BCUT2D eigenvalue weighted by atomic mass is 79.9. The molecule has 2 aromatic carbocycles. The van der Waals surface area contributed by atoms with Gasteiger partial charge in [-0.15, -0.1) is 0 Å². The van der Waals surface area contributed by atoms with Gasteiger partial charge in [-0.3, -0.25) is 14.6 Å². The Labute approximate surface area is 198 Å². The number of hydrogen-bond donors (Lipinski definition) is 2. The fraction of sp³-hybridized carbons (Fsp3) is 0.115. The minimum absolute atomic E-state index is 0.0780. The molecular weight excluding hydrogens is 482 g/mol. The Hall–Kier alpha value is -3.71. The van der Waals surface area contributed by atoms with Gasteiger partial charge in [0.05, 0.1) is 11.6 Å². The molecule has 1 fully saturated rings. The molecule has 0 bridgehead atoms. The minimum Gasteiger partial charge on any atom is -0.507 e. The predicted molar refractivity (Wildman–Crippen MR) is 129 cm³/mol. The van der Waals surface area contributed by atoms with E-state index in [4.69, 9.17) is 0 Å². The van der Waals surface area contributed by atoms with Gasteiger partial charge in [0.2, 0.25) is 0 Å². The van der Waals surface area contributed by atoms with Crippen molar-refractivity contribution in [3.8, 4) is 0 Å². The zero-order valence-electron chi connectivity index (χ0n) is 17.5. The lowest BCUT2D eigenvalue weighted by molar-refractivity contribution is -0.139. The first-order valence-electron chi connectivity index (χ1n) is 10.5. The first kappa shape index (κ1) is 21.2. The largest absolute Gasteiger partial charge is 0.507 e. The van der Waals surface area contributed by atoms with Crippen LogP contribution in [0.5, 0.6) is 0 Å². The van der Waals surface area contributed by atoms with Crippen molar-refractivity contribution in [2.24, 2.45) is 0 Å². The van der Waals surface area contributed by atoms with Crippen LogP contribution in [0.15, 0.2) is 89.3 Å². The molecule has 4 aromatic rings. The van der Waals surface area contributed by atoms with Crippen molar-refractivity contribution in [3.05, 3.63) is 106 Å². The average molecular weight is 502 g/mol. The van der Waals surface area contributed by atoms with Crippen LogP contribution in [-0.4, -0.2) is 38.2 Å². The maximum atomic E-state index is 13.1. The first-order valence-corrected chi connectivity index (χ1v) is 11.3. The SMILES string of the molecule is O=C1C(=O)N(CCc2c[nH]c3ccccc23)C(c2cccnc2)/C1=C(/O)c1ccc(Br)cc1. The Bertz CT molecular complexity index is 1380. The van der Waals surface area contributed by atoms with Crippen LogP contribution in [0.3, 0.4) is 0 Å². The second-order valence-corrected chi connectivity index (χ2v) is 8.81. The van der Waals surface area contributed by atoms with Crippen LogP contribution < -0.4 is 0 Å². The van der Waals surface area contributed by atoms with E-state index < -0.39 is 17.7 Å². The van der Waals surface area contributed by atoms with Crippen molar-refractivity contribution in [2.45, 2.75) is 12.5 Å². The van der Waals surface area contributed by atoms with E-state index in [9.17, 15) is 14.7 Å². The lowest BCUT2D eigenvalue weighted by atomic mass is 9.96. The van der Waals surface area contributed by atoms with Gasteiger partial charge >= 0.3 is 0 Å². The maximum Gasteiger partial charge on any atom is 0.295 e. The van der Waals surface area contributed by atoms with E-state index in [0.29, 0.717) is 24.1 Å². The number of nitrogens with zero attached hydrogens (tertiary/aromatic N) is 2. The Balaban J connectivity index is 1.55. The van der Waals surface area contributed by atoms with E-state index in [1.54, 1.807) is 42.7 Å². The number of halogens is 1. The molecule has 1 aliphatic heterocycles. The number of Topliss-reactive ketones (excluding diaryl/α,β-unsaturated/α-hetero) is 1. The number of fused-ring (bicyclic) bond motifs is 1. The number of para-hydroxylation sites is 1. The summed E-state index contributed by atoms with van der Waals surface area (Å²) in [7, 11) is 0. The van der Waals surface area contributed by atoms with Crippen molar-refractivity contribution >= 4 is 44.3 Å². The van der Waals surface area contributed by atoms with E-state index in [0.717, 1.165) is 20.9 Å². The van der Waals surface area contributed by atoms with Gasteiger partial charge in [-0.25, -0.2) is 0 Å². The molecule has 164 valence electrons. The average Bonchev–Trinajstić information content (AvgIpc) is 3.37. The molecule has 0 saturated carbocycles. The highest BCUT2D eigenvalue weighted by Crippen LogP contribution is 2.39. The number of H-pyrrole nitrogens is 1. The van der Waals surface area contributed by atoms with Crippen molar-refractivity contribution in [2.75, 3.05) is 6.54 Å². The van der Waals surface area contributed by atoms with Crippen LogP contribution in [0.1, 0.15) is 22.7 Å². The van der Waals surface area contributed by atoms with Crippen LogP contribution in [-0.2, 0) is 16.0 Å². The Morgan fingerprint density at radius 3 is 2.61 bits per heavy atom. The number of pyridine rings is 1. The van der Waals surface area contributed by atoms with Crippen molar-refractivity contribution in [3.63, 3.8) is 0 Å². The highest BCUT2D eigenvalue weighted by molar-refractivity contribution is 9.10. The summed E-state index contributed by atoms with van der Waals surface area (Å²) in [5, 5.41) is 12.2. The third-order valence-electron chi connectivity index (χ3n) is 5.95. The number of amides is 1. The lowest BCUT2D eigenvalue weighted by Crippen LogP contribution is -2.31. The summed E-state index contributed by atoms with van der Waals surface area (Å²) >= 11 is 3.38. The van der Waals surface area contributed by atoms with Crippen LogP contribution in [0.4, 0.5) is 0 Å². The number of likely N-dealkylation sites (tertiary alicyclic amines) is 1. The third-order valence-corrected chi connectivity index (χ3v) is 6.48. The molecule has 6 nitrogen and oxygen atoms in total. The molecule has 0 spiro atoms. The molecule has 1 saturated heterocycles. The zero-order valence-corrected chi connectivity index (χ0v) is 19.1. The van der Waals surface area contributed by atoms with Crippen LogP contribution in [0, 0.1) is 0 Å². The molecule has 3 heterocycles. The van der Waals surface area contributed by atoms with Gasteiger partial charge in [-0.1, -0.05) is 52.3 Å². The molecule has 2 N–H and O–H groups in total. The molecule has 0 radical (unpaired) electrons. The van der Waals surface area contributed by atoms with Gasteiger partial charge in [0.25, 0.3) is 11.7 Å². The van der Waals surface area contributed by atoms with Crippen LogP contribution in [0.25, 0.3) is 16.7 Å². The molecule has 1 unspecified atom stereocenters. The molecule has 1 aliphatic rings. The van der Waals surface area contributed by atoms with Gasteiger partial charge < -0.3 is 15.0 Å². The maximum absolute atomic E-state index is 13.1. The summed E-state index contributed by atoms with van der Waals surface area (Å²) in [6.07, 6.45) is 5.76. The summed E-state index contributed by atoms with van der Waals surface area (Å²) in [4.78, 5) is 35.2.